The highest BCUT2D eigenvalue weighted by Crippen LogP contribution is 2.20. The molecule has 2 fully saturated rings. The Bertz CT molecular complexity index is 406. The molecule has 104 valence electrons. The van der Waals surface area contributed by atoms with Crippen molar-refractivity contribution in [2.45, 2.75) is 25.8 Å². The molecular weight excluding hydrogens is 238 g/mol. The van der Waals surface area contributed by atoms with Crippen molar-refractivity contribution in [2.24, 2.45) is 0 Å². The molecule has 3 heterocycles. The summed E-state index contributed by atoms with van der Waals surface area (Å²) in [4.78, 5) is 9.55. The Kier molecular flexibility index (Phi) is 3.71. The van der Waals surface area contributed by atoms with Gasteiger partial charge in [-0.15, -0.1) is 0 Å². The highest BCUT2D eigenvalue weighted by Gasteiger charge is 2.28. The van der Waals surface area contributed by atoms with Gasteiger partial charge in [-0.1, -0.05) is 13.8 Å². The van der Waals surface area contributed by atoms with Gasteiger partial charge in [0.05, 0.1) is 31.1 Å². The third-order valence-corrected chi connectivity index (χ3v) is 4.18. The smallest absolute Gasteiger partial charge is 0.0645 e. The summed E-state index contributed by atoms with van der Waals surface area (Å²) >= 11 is 0. The molecule has 0 radical (unpaired) electrons. The number of ether oxygens (including phenoxy) is 1. The maximum atomic E-state index is 5.27. The molecule has 3 rings (SSSR count). The zero-order valence-corrected chi connectivity index (χ0v) is 11.9. The Morgan fingerprint density at radius 2 is 1.89 bits per heavy atom. The highest BCUT2D eigenvalue weighted by molar-refractivity contribution is 5.45. The fourth-order valence-electron chi connectivity index (χ4n) is 2.71. The second kappa shape index (κ2) is 5.47. The Balaban J connectivity index is 1.58. The van der Waals surface area contributed by atoms with E-state index < -0.39 is 0 Å². The number of pyridine rings is 1. The van der Waals surface area contributed by atoms with Crippen LogP contribution in [0.4, 0.5) is 5.69 Å². The van der Waals surface area contributed by atoms with Crippen molar-refractivity contribution in [2.75, 3.05) is 44.3 Å². The summed E-state index contributed by atoms with van der Waals surface area (Å²) < 4.78 is 5.27. The molecule has 2 aliphatic heterocycles. The second-order valence-corrected chi connectivity index (χ2v) is 5.81. The molecule has 0 atom stereocenters. The van der Waals surface area contributed by atoms with Crippen LogP contribution in [-0.4, -0.2) is 55.3 Å². The van der Waals surface area contributed by atoms with Crippen LogP contribution in [0, 0.1) is 0 Å². The Labute approximate surface area is 115 Å². The number of hydrogen-bond donors (Lipinski definition) is 0. The molecule has 0 unspecified atom stereocenters. The van der Waals surface area contributed by atoms with Crippen molar-refractivity contribution in [3.05, 3.63) is 24.0 Å². The van der Waals surface area contributed by atoms with Crippen LogP contribution in [0.25, 0.3) is 0 Å². The van der Waals surface area contributed by atoms with Crippen molar-refractivity contribution in [1.82, 2.24) is 9.88 Å². The molecule has 1 aromatic heterocycles. The molecule has 0 aliphatic carbocycles. The van der Waals surface area contributed by atoms with Crippen LogP contribution < -0.4 is 4.90 Å². The van der Waals surface area contributed by atoms with Crippen LogP contribution in [0.3, 0.4) is 0 Å². The van der Waals surface area contributed by atoms with Gasteiger partial charge in [0.25, 0.3) is 0 Å². The lowest BCUT2D eigenvalue weighted by atomic mass is 10.1. The summed E-state index contributed by atoms with van der Waals surface area (Å²) in [6.45, 7) is 10.7. The van der Waals surface area contributed by atoms with Gasteiger partial charge in [-0.3, -0.25) is 9.88 Å². The zero-order valence-electron chi connectivity index (χ0n) is 11.9. The van der Waals surface area contributed by atoms with E-state index in [-0.39, 0.29) is 0 Å². The van der Waals surface area contributed by atoms with E-state index in [1.165, 1.54) is 11.4 Å². The fourth-order valence-corrected chi connectivity index (χ4v) is 2.71. The van der Waals surface area contributed by atoms with Crippen LogP contribution in [0.1, 0.15) is 25.5 Å². The van der Waals surface area contributed by atoms with Crippen LogP contribution in [0.5, 0.6) is 0 Å². The molecule has 4 heteroatoms. The number of nitrogens with zero attached hydrogens (tertiary/aromatic N) is 3. The van der Waals surface area contributed by atoms with Crippen molar-refractivity contribution >= 4 is 5.69 Å². The van der Waals surface area contributed by atoms with Crippen molar-refractivity contribution in [1.29, 1.82) is 0 Å². The van der Waals surface area contributed by atoms with Crippen LogP contribution in [0.2, 0.25) is 0 Å². The summed E-state index contributed by atoms with van der Waals surface area (Å²) in [5.74, 6) is 0.504. The van der Waals surface area contributed by atoms with Gasteiger partial charge in [0, 0.05) is 31.9 Å². The Morgan fingerprint density at radius 1 is 1.16 bits per heavy atom. The number of piperazine rings is 1. The first-order valence-electron chi connectivity index (χ1n) is 7.27. The van der Waals surface area contributed by atoms with E-state index in [4.69, 9.17) is 4.74 Å². The molecule has 0 N–H and O–H groups in total. The Hall–Kier alpha value is -1.13. The van der Waals surface area contributed by atoms with E-state index in [0.717, 1.165) is 39.4 Å². The molecular formula is C15H23N3O. The molecule has 19 heavy (non-hydrogen) atoms. The summed E-state index contributed by atoms with van der Waals surface area (Å²) in [5.41, 5.74) is 2.43. The standard InChI is InChI=1S/C15H23N3O/c1-12(2)15-4-3-13(9-16-15)17-5-7-18(8-6-17)14-10-19-11-14/h3-4,9,12,14H,5-8,10-11H2,1-2H3. The summed E-state index contributed by atoms with van der Waals surface area (Å²) in [7, 11) is 0. The zero-order chi connectivity index (χ0) is 13.2. The number of aromatic nitrogens is 1. The largest absolute Gasteiger partial charge is 0.378 e. The van der Waals surface area contributed by atoms with Crippen LogP contribution in [0.15, 0.2) is 18.3 Å². The lowest BCUT2D eigenvalue weighted by Crippen LogP contribution is -2.56. The number of anilines is 1. The monoisotopic (exact) mass is 261 g/mol. The van der Waals surface area contributed by atoms with E-state index in [2.05, 4.69) is 40.8 Å². The Morgan fingerprint density at radius 3 is 2.37 bits per heavy atom. The molecule has 0 bridgehead atoms. The average molecular weight is 261 g/mol. The SMILES string of the molecule is CC(C)c1ccc(N2CCN(C3COC3)CC2)cn1. The van der Waals surface area contributed by atoms with Gasteiger partial charge in [0.2, 0.25) is 0 Å². The fraction of sp³-hybridized carbons (Fsp3) is 0.667. The summed E-state index contributed by atoms with van der Waals surface area (Å²) in [5, 5.41) is 0. The summed E-state index contributed by atoms with van der Waals surface area (Å²) in [6, 6.07) is 5.04. The lowest BCUT2D eigenvalue weighted by molar-refractivity contribution is -0.0660. The summed E-state index contributed by atoms with van der Waals surface area (Å²) in [6.07, 6.45) is 2.03. The van der Waals surface area contributed by atoms with Gasteiger partial charge < -0.3 is 9.64 Å². The molecule has 0 amide bonds. The maximum Gasteiger partial charge on any atom is 0.0645 e. The van der Waals surface area contributed by atoms with Crippen LogP contribution in [-0.2, 0) is 4.74 Å². The van der Waals surface area contributed by atoms with E-state index in [0.29, 0.717) is 12.0 Å². The van der Waals surface area contributed by atoms with Crippen LogP contribution >= 0.6 is 0 Å². The van der Waals surface area contributed by atoms with Crippen molar-refractivity contribution < 1.29 is 4.74 Å². The molecule has 0 aromatic carbocycles. The van der Waals surface area contributed by atoms with E-state index >= 15 is 0 Å². The predicted octanol–water partition coefficient (Wildman–Crippen LogP) is 1.73. The average Bonchev–Trinajstić information content (AvgIpc) is 2.38. The second-order valence-electron chi connectivity index (χ2n) is 5.81. The van der Waals surface area contributed by atoms with Gasteiger partial charge >= 0.3 is 0 Å². The minimum absolute atomic E-state index is 0.504. The van der Waals surface area contributed by atoms with Gasteiger partial charge in [-0.05, 0) is 18.1 Å². The molecule has 2 aliphatic rings. The molecule has 1 aromatic rings. The lowest BCUT2D eigenvalue weighted by Gasteiger charge is -2.43. The van der Waals surface area contributed by atoms with E-state index in [1.54, 1.807) is 0 Å². The topological polar surface area (TPSA) is 28.6 Å². The molecule has 2 saturated heterocycles. The van der Waals surface area contributed by atoms with E-state index in [9.17, 15) is 0 Å². The van der Waals surface area contributed by atoms with Crippen molar-refractivity contribution in [3.63, 3.8) is 0 Å². The first kappa shape index (κ1) is 12.9. The number of rotatable bonds is 3. The highest BCUT2D eigenvalue weighted by atomic mass is 16.5. The van der Waals surface area contributed by atoms with Gasteiger partial charge in [-0.25, -0.2) is 0 Å². The van der Waals surface area contributed by atoms with Gasteiger partial charge in [0.1, 0.15) is 0 Å². The maximum absolute atomic E-state index is 5.27. The minimum Gasteiger partial charge on any atom is -0.378 e. The first-order chi connectivity index (χ1) is 9.24. The van der Waals surface area contributed by atoms with Crippen molar-refractivity contribution in [3.8, 4) is 0 Å². The third kappa shape index (κ3) is 2.74. The normalized spacial score (nSPS) is 21.7. The van der Waals surface area contributed by atoms with E-state index in [1.807, 2.05) is 6.20 Å². The number of hydrogen-bond acceptors (Lipinski definition) is 4. The third-order valence-electron chi connectivity index (χ3n) is 4.18. The minimum atomic E-state index is 0.504. The molecule has 0 spiro atoms. The van der Waals surface area contributed by atoms with Gasteiger partial charge in [-0.2, -0.15) is 0 Å². The first-order valence-corrected chi connectivity index (χ1v) is 7.27. The van der Waals surface area contributed by atoms with Gasteiger partial charge in [0.15, 0.2) is 0 Å². The predicted molar refractivity (Wildman–Crippen MR) is 76.7 cm³/mol. The quantitative estimate of drug-likeness (QED) is 0.828. The molecule has 0 saturated carbocycles. The molecule has 4 nitrogen and oxygen atoms in total.